The van der Waals surface area contributed by atoms with Gasteiger partial charge in [-0.2, -0.15) is 0 Å². The van der Waals surface area contributed by atoms with E-state index in [-0.39, 0.29) is 22.2 Å². The summed E-state index contributed by atoms with van der Waals surface area (Å²) in [6, 6.07) is 0. The third-order valence-corrected chi connectivity index (χ3v) is 15.7. The smallest absolute Gasteiger partial charge is 0.219 e. The number of carboxylic acid groups (broad SMARTS) is 1. The van der Waals surface area contributed by atoms with Crippen LogP contribution in [0, 0.1) is 0 Å². The molecule has 9 heteroatoms. The number of hydrogen-bond donors (Lipinski definition) is 3. The fraction of sp³-hybridized carbons (Fsp3) is 0.935. The molecule has 0 bridgehead atoms. The first-order valence-electron chi connectivity index (χ1n) is 31.4. The van der Waals surface area contributed by atoms with Gasteiger partial charge in [-0.05, 0) is 44.9 Å². The number of nitrogens with zero attached hydrogens (tertiary/aromatic N) is 1. The van der Waals surface area contributed by atoms with E-state index in [1.807, 2.05) is 14.1 Å². The third-order valence-electron chi connectivity index (χ3n) is 15.7. The van der Waals surface area contributed by atoms with Gasteiger partial charge in [0.05, 0.1) is 20.6 Å². The van der Waals surface area contributed by atoms with Crippen molar-refractivity contribution in [3.63, 3.8) is 0 Å². The van der Waals surface area contributed by atoms with Crippen LogP contribution < -0.4 is 21.1 Å². The van der Waals surface area contributed by atoms with Gasteiger partial charge in [0, 0.05) is 51.7 Å². The van der Waals surface area contributed by atoms with Crippen molar-refractivity contribution in [1.82, 2.24) is 16.0 Å². The van der Waals surface area contributed by atoms with E-state index in [1.165, 1.54) is 212 Å². The average molecular weight is 1000 g/mol. The van der Waals surface area contributed by atoms with Gasteiger partial charge < -0.3 is 30.3 Å². The summed E-state index contributed by atoms with van der Waals surface area (Å²) in [5, 5.41) is 22.6. The molecule has 0 fully saturated rings. The Morgan fingerprint density at radius 1 is 0.324 bits per heavy atom. The Morgan fingerprint density at radius 2 is 0.549 bits per heavy atom. The van der Waals surface area contributed by atoms with E-state index in [0.717, 1.165) is 51.4 Å². The van der Waals surface area contributed by atoms with Crippen LogP contribution >= 0.6 is 0 Å². The van der Waals surface area contributed by atoms with E-state index in [2.05, 4.69) is 36.7 Å². The summed E-state index contributed by atoms with van der Waals surface area (Å²) in [4.78, 5) is 51.5. The van der Waals surface area contributed by atoms with E-state index in [4.69, 9.17) is 0 Å². The fourth-order valence-electron chi connectivity index (χ4n) is 10.6. The number of amides is 3. The minimum absolute atomic E-state index is 0.0446. The predicted octanol–water partition coefficient (Wildman–Crippen LogP) is 15.7. The zero-order valence-corrected chi connectivity index (χ0v) is 48.3. The molecule has 0 aliphatic heterocycles. The van der Waals surface area contributed by atoms with Gasteiger partial charge in [-0.15, -0.1) is 0 Å². The molecule has 0 aliphatic carbocycles. The molecule has 0 saturated heterocycles. The topological polar surface area (TPSA) is 127 Å². The van der Waals surface area contributed by atoms with Crippen molar-refractivity contribution in [1.29, 1.82) is 0 Å². The summed E-state index contributed by atoms with van der Waals surface area (Å²) in [5.41, 5.74) is -1.17. The van der Waals surface area contributed by atoms with Crippen molar-refractivity contribution in [2.45, 2.75) is 335 Å². The first-order chi connectivity index (χ1) is 34.6. The molecule has 0 aromatic heterocycles. The van der Waals surface area contributed by atoms with Crippen molar-refractivity contribution in [2.24, 2.45) is 0 Å². The standard InChI is InChI=1S/C62H122N4O5/c1-6-9-12-15-18-21-24-27-30-33-36-39-42-49-58(67)63-54-45-46-57-66(4,5)62(61(70)71,52-47-55-64-59(68)50-43-40-37-34-31-28-25-22-19-16-13-10-7-2)53-48-56-65-60(69)51-44-41-38-35-32-29-26-23-20-17-14-11-8-3/h6-57H2,1-5H3,(H3-,63,64,65,67,68,69,70,71). The Labute approximate surface area is 441 Å². The van der Waals surface area contributed by atoms with Gasteiger partial charge in [0.1, 0.15) is 11.5 Å². The highest BCUT2D eigenvalue weighted by molar-refractivity contribution is 5.77. The lowest BCUT2D eigenvalue weighted by Crippen LogP contribution is -2.68. The van der Waals surface area contributed by atoms with Crippen LogP contribution in [0.4, 0.5) is 0 Å². The molecule has 0 atom stereocenters. The maximum Gasteiger partial charge on any atom is 0.219 e. The maximum absolute atomic E-state index is 13.3. The van der Waals surface area contributed by atoms with Gasteiger partial charge in [0.15, 0.2) is 0 Å². The summed E-state index contributed by atoms with van der Waals surface area (Å²) >= 11 is 0. The molecule has 9 nitrogen and oxygen atoms in total. The first kappa shape index (κ1) is 68.8. The Morgan fingerprint density at radius 3 is 0.789 bits per heavy atom. The lowest BCUT2D eigenvalue weighted by atomic mass is 9.84. The van der Waals surface area contributed by atoms with Crippen LogP contribution in [-0.2, 0) is 19.2 Å². The molecule has 0 heterocycles. The van der Waals surface area contributed by atoms with E-state index in [9.17, 15) is 24.3 Å². The Hall–Kier alpha value is -2.16. The largest absolute Gasteiger partial charge is 0.544 e. The minimum Gasteiger partial charge on any atom is -0.544 e. The molecule has 3 amide bonds. The zero-order chi connectivity index (χ0) is 52.2. The molecule has 0 unspecified atom stereocenters. The van der Waals surface area contributed by atoms with Gasteiger partial charge in [-0.25, -0.2) is 0 Å². The summed E-state index contributed by atoms with van der Waals surface area (Å²) in [5.74, 6) is -0.866. The Bertz CT molecular complexity index is 1160. The van der Waals surface area contributed by atoms with Crippen LogP contribution in [0.1, 0.15) is 329 Å². The van der Waals surface area contributed by atoms with E-state index >= 15 is 0 Å². The van der Waals surface area contributed by atoms with Crippen molar-refractivity contribution in [3.8, 4) is 0 Å². The molecule has 0 aliphatic rings. The van der Waals surface area contributed by atoms with Crippen molar-refractivity contribution in [3.05, 3.63) is 0 Å². The molecule has 0 spiro atoms. The Kier molecular flexibility index (Phi) is 49.8. The maximum atomic E-state index is 13.3. The molecule has 0 radical (unpaired) electrons. The molecule has 0 aromatic carbocycles. The number of nitrogens with one attached hydrogen (secondary N) is 3. The normalized spacial score (nSPS) is 11.8. The zero-order valence-electron chi connectivity index (χ0n) is 48.3. The third kappa shape index (κ3) is 42.9. The van der Waals surface area contributed by atoms with Crippen molar-refractivity contribution in [2.75, 3.05) is 40.3 Å². The van der Waals surface area contributed by atoms with Crippen LogP contribution in [-0.4, -0.2) is 74.0 Å². The quantitative estimate of drug-likeness (QED) is 0.0413. The molecule has 0 rings (SSSR count). The van der Waals surface area contributed by atoms with Crippen molar-refractivity contribution >= 4 is 23.7 Å². The number of unbranched alkanes of at least 4 members (excludes halogenated alkanes) is 37. The number of rotatable bonds is 57. The monoisotopic (exact) mass is 1000 g/mol. The molecule has 0 saturated carbocycles. The highest BCUT2D eigenvalue weighted by Crippen LogP contribution is 2.32. The van der Waals surface area contributed by atoms with Crippen molar-refractivity contribution < 1.29 is 28.8 Å². The van der Waals surface area contributed by atoms with E-state index in [1.54, 1.807) is 0 Å². The van der Waals surface area contributed by atoms with Gasteiger partial charge in [-0.1, -0.05) is 252 Å². The number of quaternary nitrogens is 1. The fourth-order valence-corrected chi connectivity index (χ4v) is 10.6. The lowest BCUT2D eigenvalue weighted by Gasteiger charge is -2.50. The average Bonchev–Trinajstić information content (AvgIpc) is 3.35. The number of carbonyl (C=O) groups is 4. The number of hydrogen-bond acceptors (Lipinski definition) is 5. The van der Waals surface area contributed by atoms with Gasteiger partial charge in [0.25, 0.3) is 0 Å². The van der Waals surface area contributed by atoms with Crippen LogP contribution in [0.3, 0.4) is 0 Å². The number of aliphatic carboxylic acids is 1. The predicted molar refractivity (Wildman–Crippen MR) is 302 cm³/mol. The lowest BCUT2D eigenvalue weighted by molar-refractivity contribution is -0.935. The van der Waals surface area contributed by atoms with Gasteiger partial charge in [-0.3, -0.25) is 14.4 Å². The molecular formula is C62H122N4O5. The number of carboxylic acids is 1. The van der Waals surface area contributed by atoms with Crippen LogP contribution in [0.15, 0.2) is 0 Å². The van der Waals surface area contributed by atoms with E-state index < -0.39 is 11.5 Å². The summed E-state index contributed by atoms with van der Waals surface area (Å²) in [6.45, 7) is 8.89. The molecule has 0 aromatic rings. The molecular weight excluding hydrogens is 881 g/mol. The van der Waals surface area contributed by atoms with Gasteiger partial charge >= 0.3 is 0 Å². The molecule has 3 N–H and O–H groups in total. The summed E-state index contributed by atoms with van der Waals surface area (Å²) in [7, 11) is 3.98. The number of likely N-dealkylation sites (N-methyl/N-ethyl adjacent to an activating group) is 1. The molecule has 420 valence electrons. The highest BCUT2D eigenvalue weighted by Gasteiger charge is 2.46. The summed E-state index contributed by atoms with van der Waals surface area (Å²) in [6.07, 6.45) is 54.8. The number of carbonyl (C=O) groups excluding carboxylic acids is 4. The second kappa shape index (κ2) is 51.3. The SMILES string of the molecule is CCCCCCCCCCCCCCCC(=O)NCCCC[N+](C)(C)C(CCCNC(=O)CCCCCCCCCCCCCCC)(CCCNC(=O)CCCCCCCCCCCCCCC)C(=O)[O-]. The summed E-state index contributed by atoms with van der Waals surface area (Å²) < 4.78 is 0.252. The highest BCUT2D eigenvalue weighted by atomic mass is 16.4. The van der Waals surface area contributed by atoms with E-state index in [0.29, 0.717) is 71.1 Å². The Balaban J connectivity index is 4.82. The van der Waals surface area contributed by atoms with Crippen LogP contribution in [0.2, 0.25) is 0 Å². The second-order valence-electron chi connectivity index (χ2n) is 22.7. The first-order valence-corrected chi connectivity index (χ1v) is 31.4. The minimum atomic E-state index is -1.17. The van der Waals surface area contributed by atoms with Crippen LogP contribution in [0.5, 0.6) is 0 Å². The van der Waals surface area contributed by atoms with Crippen LogP contribution in [0.25, 0.3) is 0 Å². The molecule has 71 heavy (non-hydrogen) atoms. The second-order valence-corrected chi connectivity index (χ2v) is 22.7. The van der Waals surface area contributed by atoms with Gasteiger partial charge in [0.2, 0.25) is 17.7 Å².